The molecule has 118 valence electrons. The first kappa shape index (κ1) is 16.8. The topological polar surface area (TPSA) is 12.0 Å². The van der Waals surface area contributed by atoms with E-state index in [1.165, 1.54) is 12.1 Å². The highest BCUT2D eigenvalue weighted by Gasteiger charge is 2.08. The molecule has 0 aromatic heterocycles. The minimum Gasteiger partial charge on any atom is -0.381 e. The van der Waals surface area contributed by atoms with Gasteiger partial charge in [0.1, 0.15) is 5.82 Å². The zero-order valence-electron chi connectivity index (χ0n) is 13.7. The van der Waals surface area contributed by atoms with Crippen LogP contribution < -0.4 is 5.32 Å². The summed E-state index contributed by atoms with van der Waals surface area (Å²) in [7, 11) is 0. The summed E-state index contributed by atoms with van der Waals surface area (Å²) in [6.45, 7) is 16.4. The maximum atomic E-state index is 13.5. The van der Waals surface area contributed by atoms with Gasteiger partial charge in [-0.05, 0) is 42.7 Å². The molecule has 0 unspecified atom stereocenters. The molecule has 0 amide bonds. The van der Waals surface area contributed by atoms with E-state index >= 15 is 0 Å². The van der Waals surface area contributed by atoms with Crippen LogP contribution in [0.1, 0.15) is 36.1 Å². The molecule has 2 aromatic carbocycles. The molecule has 23 heavy (non-hydrogen) atoms. The Kier molecular flexibility index (Phi) is 5.17. The third-order valence-corrected chi connectivity index (χ3v) is 3.72. The van der Waals surface area contributed by atoms with Crippen LogP contribution in [0.5, 0.6) is 0 Å². The third kappa shape index (κ3) is 4.19. The molecule has 0 heterocycles. The molecule has 0 aliphatic rings. The van der Waals surface area contributed by atoms with Crippen molar-refractivity contribution in [3.63, 3.8) is 0 Å². The van der Waals surface area contributed by atoms with Crippen molar-refractivity contribution in [1.82, 2.24) is 5.32 Å². The second-order valence-electron chi connectivity index (χ2n) is 5.78. The van der Waals surface area contributed by atoms with Crippen LogP contribution in [0.3, 0.4) is 0 Å². The van der Waals surface area contributed by atoms with E-state index in [1.54, 1.807) is 6.07 Å². The van der Waals surface area contributed by atoms with E-state index in [1.807, 2.05) is 26.0 Å². The lowest BCUT2D eigenvalue weighted by molar-refractivity contribution is 0.627. The lowest BCUT2D eigenvalue weighted by Gasteiger charge is -2.15. The molecule has 0 radical (unpaired) electrons. The maximum Gasteiger partial charge on any atom is 0.123 e. The largest absolute Gasteiger partial charge is 0.381 e. The molecule has 1 N–H and O–H groups in total. The Balaban J connectivity index is 2.12. The molecule has 0 atom stereocenters. The fourth-order valence-corrected chi connectivity index (χ4v) is 2.35. The Hall–Kier alpha value is -2.61. The summed E-state index contributed by atoms with van der Waals surface area (Å²) in [5.74, 6) is -0.279. The number of hydrogen-bond donors (Lipinski definition) is 1. The normalized spacial score (nSPS) is 10.2. The number of nitrogens with one attached hydrogen (secondary N) is 1. The molecular formula is C21H22FN. The quantitative estimate of drug-likeness (QED) is 0.727. The molecular weight excluding hydrogens is 285 g/mol. The Morgan fingerprint density at radius 3 is 2.13 bits per heavy atom. The highest BCUT2D eigenvalue weighted by Crippen LogP contribution is 2.23. The molecule has 0 fully saturated rings. The Bertz CT molecular complexity index is 754. The predicted octanol–water partition coefficient (Wildman–Crippen LogP) is 5.65. The third-order valence-electron chi connectivity index (χ3n) is 3.72. The lowest BCUT2D eigenvalue weighted by atomic mass is 9.99. The summed E-state index contributed by atoms with van der Waals surface area (Å²) in [6, 6.07) is 12.9. The number of allylic oxidation sites excluding steroid dienone is 2. The van der Waals surface area contributed by atoms with Crippen LogP contribution in [0, 0.1) is 5.82 Å². The van der Waals surface area contributed by atoms with Crippen LogP contribution in [-0.2, 0) is 6.54 Å². The maximum absolute atomic E-state index is 13.5. The van der Waals surface area contributed by atoms with Crippen LogP contribution >= 0.6 is 0 Å². The summed E-state index contributed by atoms with van der Waals surface area (Å²) in [5.41, 5.74) is 6.52. The first-order valence-electron chi connectivity index (χ1n) is 7.52. The van der Waals surface area contributed by atoms with Crippen molar-refractivity contribution in [2.24, 2.45) is 0 Å². The van der Waals surface area contributed by atoms with Gasteiger partial charge in [0.2, 0.25) is 0 Å². The summed E-state index contributed by atoms with van der Waals surface area (Å²) >= 11 is 0. The van der Waals surface area contributed by atoms with Gasteiger partial charge in [-0.3, -0.25) is 0 Å². The summed E-state index contributed by atoms with van der Waals surface area (Å²) < 4.78 is 13.5. The fraction of sp³-hybridized carbons (Fsp3) is 0.143. The highest BCUT2D eigenvalue weighted by atomic mass is 19.1. The molecule has 0 aliphatic carbocycles. The van der Waals surface area contributed by atoms with Crippen molar-refractivity contribution < 1.29 is 4.39 Å². The molecule has 2 rings (SSSR count). The Morgan fingerprint density at radius 1 is 0.913 bits per heavy atom. The molecule has 0 bridgehead atoms. The van der Waals surface area contributed by atoms with Gasteiger partial charge in [-0.2, -0.15) is 0 Å². The second kappa shape index (κ2) is 7.10. The van der Waals surface area contributed by atoms with Crippen molar-refractivity contribution in [3.05, 3.63) is 90.3 Å². The van der Waals surface area contributed by atoms with Crippen LogP contribution in [0.4, 0.5) is 4.39 Å². The van der Waals surface area contributed by atoms with E-state index in [2.05, 4.69) is 37.2 Å². The van der Waals surface area contributed by atoms with E-state index in [-0.39, 0.29) is 5.82 Å². The van der Waals surface area contributed by atoms with E-state index in [4.69, 9.17) is 0 Å². The van der Waals surface area contributed by atoms with Crippen LogP contribution in [0.15, 0.2) is 62.2 Å². The first-order chi connectivity index (χ1) is 10.9. The predicted molar refractivity (Wildman–Crippen MR) is 98.1 cm³/mol. The average molecular weight is 307 g/mol. The van der Waals surface area contributed by atoms with Crippen LogP contribution in [0.2, 0.25) is 0 Å². The molecule has 2 heteroatoms. The molecule has 0 aliphatic heterocycles. The summed E-state index contributed by atoms with van der Waals surface area (Å²) in [4.78, 5) is 0. The van der Waals surface area contributed by atoms with Crippen molar-refractivity contribution in [3.8, 4) is 0 Å². The monoisotopic (exact) mass is 307 g/mol. The lowest BCUT2D eigenvalue weighted by Crippen LogP contribution is -2.12. The Labute approximate surface area is 137 Å². The van der Waals surface area contributed by atoms with Gasteiger partial charge in [0, 0.05) is 17.8 Å². The number of benzene rings is 2. The van der Waals surface area contributed by atoms with Crippen LogP contribution in [0.25, 0.3) is 16.8 Å². The second-order valence-corrected chi connectivity index (χ2v) is 5.78. The van der Waals surface area contributed by atoms with Gasteiger partial charge >= 0.3 is 0 Å². The highest BCUT2D eigenvalue weighted by molar-refractivity contribution is 5.76. The summed E-state index contributed by atoms with van der Waals surface area (Å²) in [6.07, 6.45) is 0. The molecule has 2 aromatic rings. The zero-order chi connectivity index (χ0) is 17.0. The van der Waals surface area contributed by atoms with Crippen molar-refractivity contribution in [2.75, 3.05) is 0 Å². The van der Waals surface area contributed by atoms with Crippen molar-refractivity contribution in [1.29, 1.82) is 0 Å². The Morgan fingerprint density at radius 2 is 1.57 bits per heavy atom. The van der Waals surface area contributed by atoms with Gasteiger partial charge in [-0.25, -0.2) is 4.39 Å². The number of halogens is 1. The average Bonchev–Trinajstić information content (AvgIpc) is 2.52. The van der Waals surface area contributed by atoms with Gasteiger partial charge in [-0.1, -0.05) is 61.2 Å². The van der Waals surface area contributed by atoms with E-state index in [9.17, 15) is 4.39 Å². The number of rotatable bonds is 6. The van der Waals surface area contributed by atoms with Gasteiger partial charge < -0.3 is 5.32 Å². The molecule has 1 nitrogen and oxygen atoms in total. The fourth-order valence-electron chi connectivity index (χ4n) is 2.35. The minimum atomic E-state index is -0.279. The standard InChI is InChI=1S/C21H22FN/c1-14(2)18-8-6-17(7-9-18)13-23-16(5)21-12-19(22)10-11-20(21)15(3)4/h6-12,23H,1,3,5,13H2,2,4H3. The summed E-state index contributed by atoms with van der Waals surface area (Å²) in [5, 5.41) is 3.26. The van der Waals surface area contributed by atoms with Gasteiger partial charge in [0.25, 0.3) is 0 Å². The number of hydrogen-bond acceptors (Lipinski definition) is 1. The zero-order valence-corrected chi connectivity index (χ0v) is 13.7. The minimum absolute atomic E-state index is 0.279. The van der Waals surface area contributed by atoms with E-state index in [0.29, 0.717) is 12.2 Å². The van der Waals surface area contributed by atoms with Gasteiger partial charge in [0.05, 0.1) is 0 Å². The SMILES string of the molecule is C=C(C)c1ccc(CNC(=C)c2cc(F)ccc2C(=C)C)cc1. The molecule has 0 saturated heterocycles. The first-order valence-corrected chi connectivity index (χ1v) is 7.52. The van der Waals surface area contributed by atoms with Crippen molar-refractivity contribution >= 4 is 16.8 Å². The smallest absolute Gasteiger partial charge is 0.123 e. The van der Waals surface area contributed by atoms with Crippen molar-refractivity contribution in [2.45, 2.75) is 20.4 Å². The van der Waals surface area contributed by atoms with E-state index < -0.39 is 0 Å². The molecule has 0 spiro atoms. The van der Waals surface area contributed by atoms with Gasteiger partial charge in [-0.15, -0.1) is 0 Å². The van der Waals surface area contributed by atoms with Gasteiger partial charge in [0.15, 0.2) is 0 Å². The van der Waals surface area contributed by atoms with Crippen LogP contribution in [-0.4, -0.2) is 0 Å². The molecule has 0 saturated carbocycles. The van der Waals surface area contributed by atoms with E-state index in [0.717, 1.165) is 33.4 Å².